The number of rotatable bonds is 4. The van der Waals surface area contributed by atoms with Crippen molar-refractivity contribution in [2.75, 3.05) is 0 Å². The smallest absolute Gasteiger partial charge is 0.303 e. The molecule has 2 aromatic carbocycles. The summed E-state index contributed by atoms with van der Waals surface area (Å²) < 4.78 is 2.35. The lowest BCUT2D eigenvalue weighted by Gasteiger charge is -2.25. The highest BCUT2D eigenvalue weighted by Crippen LogP contribution is 2.34. The Hall–Kier alpha value is -3.14. The minimum Gasteiger partial charge on any atom is -0.481 e. The van der Waals surface area contributed by atoms with Crippen LogP contribution in [0.3, 0.4) is 0 Å². The molecule has 0 bridgehead atoms. The predicted octanol–water partition coefficient (Wildman–Crippen LogP) is 4.82. The molecule has 4 aromatic rings. The molecule has 1 unspecified atom stereocenters. The number of fused-ring (bicyclic) bond motifs is 4. The van der Waals surface area contributed by atoms with E-state index in [-0.39, 0.29) is 12.3 Å². The lowest BCUT2D eigenvalue weighted by Crippen LogP contribution is -2.22. The minimum absolute atomic E-state index is 0.201. The van der Waals surface area contributed by atoms with Gasteiger partial charge in [0.05, 0.1) is 5.52 Å². The molecule has 0 fully saturated rings. The third-order valence-electron chi connectivity index (χ3n) is 5.90. The lowest BCUT2D eigenvalue weighted by molar-refractivity contribution is -0.138. The Morgan fingerprint density at radius 1 is 1.07 bits per heavy atom. The Labute approximate surface area is 163 Å². The van der Waals surface area contributed by atoms with Crippen LogP contribution in [0.25, 0.3) is 21.8 Å². The van der Waals surface area contributed by atoms with E-state index in [1.807, 2.05) is 12.1 Å². The Bertz CT molecular complexity index is 1190. The summed E-state index contributed by atoms with van der Waals surface area (Å²) in [7, 11) is 0. The number of nitrogens with zero attached hydrogens (tertiary/aromatic N) is 2. The second-order valence-corrected chi connectivity index (χ2v) is 7.73. The number of aliphatic carboxylic acids is 1. The van der Waals surface area contributed by atoms with Gasteiger partial charge in [0.2, 0.25) is 0 Å². The molecule has 3 heterocycles. The van der Waals surface area contributed by atoms with E-state index in [1.54, 1.807) is 0 Å². The monoisotopic (exact) mass is 370 g/mol. The molecule has 0 saturated carbocycles. The Morgan fingerprint density at radius 2 is 1.89 bits per heavy atom. The fourth-order valence-corrected chi connectivity index (χ4v) is 4.61. The zero-order valence-electron chi connectivity index (χ0n) is 15.6. The largest absolute Gasteiger partial charge is 0.481 e. The molecule has 5 rings (SSSR count). The fourth-order valence-electron chi connectivity index (χ4n) is 4.61. The maximum atomic E-state index is 11.2. The van der Waals surface area contributed by atoms with E-state index in [0.29, 0.717) is 0 Å². The predicted molar refractivity (Wildman–Crippen MR) is 111 cm³/mol. The summed E-state index contributed by atoms with van der Waals surface area (Å²) >= 11 is 0. The van der Waals surface area contributed by atoms with Gasteiger partial charge >= 0.3 is 5.97 Å². The van der Waals surface area contributed by atoms with E-state index >= 15 is 0 Å². The van der Waals surface area contributed by atoms with Gasteiger partial charge in [-0.05, 0) is 42.5 Å². The van der Waals surface area contributed by atoms with Crippen LogP contribution in [-0.2, 0) is 24.2 Å². The highest BCUT2D eigenvalue weighted by molar-refractivity contribution is 5.86. The van der Waals surface area contributed by atoms with Crippen molar-refractivity contribution >= 4 is 27.8 Å². The number of aromatic nitrogens is 2. The SMILES string of the molecule is O=C(O)CC1CCc2c(Cc3ccc4ccccc4n3)c3ccccc3n2C1. The van der Waals surface area contributed by atoms with Gasteiger partial charge in [0, 0.05) is 47.1 Å². The molecule has 0 spiro atoms. The fraction of sp³-hybridized carbons (Fsp3) is 0.250. The van der Waals surface area contributed by atoms with Gasteiger partial charge in [-0.2, -0.15) is 0 Å². The first kappa shape index (κ1) is 17.0. The molecule has 28 heavy (non-hydrogen) atoms. The molecule has 140 valence electrons. The molecular formula is C24H22N2O2. The van der Waals surface area contributed by atoms with Gasteiger partial charge in [0.1, 0.15) is 0 Å². The van der Waals surface area contributed by atoms with Crippen LogP contribution in [0.5, 0.6) is 0 Å². The number of pyridine rings is 1. The quantitative estimate of drug-likeness (QED) is 0.560. The average Bonchev–Trinajstić information content (AvgIpc) is 3.01. The molecule has 0 saturated heterocycles. The summed E-state index contributed by atoms with van der Waals surface area (Å²) in [4.78, 5) is 16.1. The number of para-hydroxylation sites is 2. The van der Waals surface area contributed by atoms with Crippen molar-refractivity contribution in [1.29, 1.82) is 0 Å². The van der Waals surface area contributed by atoms with Crippen molar-refractivity contribution in [2.45, 2.75) is 32.2 Å². The Morgan fingerprint density at radius 3 is 2.79 bits per heavy atom. The van der Waals surface area contributed by atoms with E-state index in [2.05, 4.69) is 53.1 Å². The Kier molecular flexibility index (Phi) is 4.12. The summed E-state index contributed by atoms with van der Waals surface area (Å²) in [5.74, 6) is -0.502. The number of carbonyl (C=O) groups is 1. The maximum Gasteiger partial charge on any atom is 0.303 e. The standard InChI is InChI=1S/C24H22N2O2/c27-24(28)13-16-9-12-23-20(19-6-2-4-8-22(19)26(23)15-16)14-18-11-10-17-5-1-3-7-21(17)25-18/h1-8,10-11,16H,9,12-15H2,(H,27,28). The van der Waals surface area contributed by atoms with Gasteiger partial charge in [-0.15, -0.1) is 0 Å². The van der Waals surface area contributed by atoms with Gasteiger partial charge < -0.3 is 9.67 Å². The zero-order valence-corrected chi connectivity index (χ0v) is 15.6. The van der Waals surface area contributed by atoms with Crippen molar-refractivity contribution in [3.63, 3.8) is 0 Å². The van der Waals surface area contributed by atoms with E-state index in [0.717, 1.165) is 42.4 Å². The van der Waals surface area contributed by atoms with Gasteiger partial charge in [-0.25, -0.2) is 0 Å². The van der Waals surface area contributed by atoms with Crippen LogP contribution < -0.4 is 0 Å². The summed E-state index contributed by atoms with van der Waals surface area (Å²) in [5.41, 5.74) is 6.00. The van der Waals surface area contributed by atoms with Gasteiger partial charge in [-0.1, -0.05) is 42.5 Å². The summed E-state index contributed by atoms with van der Waals surface area (Å²) in [6, 6.07) is 21.0. The van der Waals surface area contributed by atoms with Gasteiger partial charge in [-0.3, -0.25) is 9.78 Å². The molecule has 4 nitrogen and oxygen atoms in total. The first-order valence-corrected chi connectivity index (χ1v) is 9.84. The second-order valence-electron chi connectivity index (χ2n) is 7.73. The summed E-state index contributed by atoms with van der Waals surface area (Å²) in [6.45, 7) is 0.785. The highest BCUT2D eigenvalue weighted by atomic mass is 16.4. The number of benzene rings is 2. The summed E-state index contributed by atoms with van der Waals surface area (Å²) in [5, 5.41) is 11.6. The van der Waals surface area contributed by atoms with Gasteiger partial charge in [0.15, 0.2) is 0 Å². The van der Waals surface area contributed by atoms with Crippen LogP contribution in [-0.4, -0.2) is 20.6 Å². The molecule has 0 amide bonds. The molecule has 1 aliphatic heterocycles. The van der Waals surface area contributed by atoms with E-state index < -0.39 is 5.97 Å². The normalized spacial score (nSPS) is 16.4. The molecule has 2 aromatic heterocycles. The van der Waals surface area contributed by atoms with Crippen LogP contribution >= 0.6 is 0 Å². The van der Waals surface area contributed by atoms with Crippen molar-refractivity contribution in [3.8, 4) is 0 Å². The molecule has 1 atom stereocenters. The van der Waals surface area contributed by atoms with E-state index in [4.69, 9.17) is 4.98 Å². The zero-order chi connectivity index (χ0) is 19.1. The minimum atomic E-state index is -0.703. The average molecular weight is 370 g/mol. The van der Waals surface area contributed by atoms with Crippen LogP contribution in [0.15, 0.2) is 60.7 Å². The van der Waals surface area contributed by atoms with Crippen molar-refractivity contribution in [2.24, 2.45) is 5.92 Å². The first-order valence-electron chi connectivity index (χ1n) is 9.84. The van der Waals surface area contributed by atoms with Gasteiger partial charge in [0.25, 0.3) is 0 Å². The molecule has 4 heteroatoms. The molecule has 1 aliphatic rings. The van der Waals surface area contributed by atoms with Crippen molar-refractivity contribution in [1.82, 2.24) is 9.55 Å². The lowest BCUT2D eigenvalue weighted by atomic mass is 9.92. The Balaban J connectivity index is 1.57. The number of carboxylic acid groups (broad SMARTS) is 1. The second kappa shape index (κ2) is 6.79. The van der Waals surface area contributed by atoms with Crippen LogP contribution in [0.4, 0.5) is 0 Å². The van der Waals surface area contributed by atoms with E-state index in [1.165, 1.54) is 22.2 Å². The van der Waals surface area contributed by atoms with Crippen LogP contribution in [0.2, 0.25) is 0 Å². The molecule has 0 aliphatic carbocycles. The first-order chi connectivity index (χ1) is 13.7. The van der Waals surface area contributed by atoms with Crippen molar-refractivity contribution in [3.05, 3.63) is 77.6 Å². The number of carboxylic acids is 1. The van der Waals surface area contributed by atoms with Crippen molar-refractivity contribution < 1.29 is 9.90 Å². The topological polar surface area (TPSA) is 55.1 Å². The molecular weight excluding hydrogens is 348 g/mol. The third kappa shape index (κ3) is 2.95. The molecule has 0 radical (unpaired) electrons. The third-order valence-corrected chi connectivity index (χ3v) is 5.90. The highest BCUT2D eigenvalue weighted by Gasteiger charge is 2.26. The summed E-state index contributed by atoms with van der Waals surface area (Å²) in [6.07, 6.45) is 2.90. The maximum absolute atomic E-state index is 11.2. The van der Waals surface area contributed by atoms with Crippen LogP contribution in [0, 0.1) is 5.92 Å². The van der Waals surface area contributed by atoms with E-state index in [9.17, 15) is 9.90 Å². The molecule has 1 N–H and O–H groups in total. The number of hydrogen-bond donors (Lipinski definition) is 1. The van der Waals surface area contributed by atoms with Crippen LogP contribution in [0.1, 0.15) is 29.8 Å². The number of hydrogen-bond acceptors (Lipinski definition) is 2.